The van der Waals surface area contributed by atoms with E-state index in [1.54, 1.807) is 12.1 Å². The molecule has 1 aliphatic heterocycles. The zero-order valence-corrected chi connectivity index (χ0v) is 9.06. The molecule has 1 aromatic rings. The first kappa shape index (κ1) is 10.7. The molecule has 0 saturated heterocycles. The molecule has 0 aliphatic carbocycles. The van der Waals surface area contributed by atoms with Gasteiger partial charge in [0.25, 0.3) is 11.8 Å². The molecule has 0 aromatic heterocycles. The third-order valence-corrected chi connectivity index (χ3v) is 2.71. The quantitative estimate of drug-likeness (QED) is 0.788. The second kappa shape index (κ2) is 3.96. The summed E-state index contributed by atoms with van der Waals surface area (Å²) in [6.07, 6.45) is 1.70. The minimum atomic E-state index is -0.383. The van der Waals surface area contributed by atoms with Gasteiger partial charge in [0.05, 0.1) is 11.1 Å². The fraction of sp³-hybridized carbons (Fsp3) is 0.333. The van der Waals surface area contributed by atoms with Crippen molar-refractivity contribution in [2.45, 2.75) is 19.8 Å². The van der Waals surface area contributed by atoms with E-state index in [1.807, 2.05) is 6.92 Å². The first-order valence-corrected chi connectivity index (χ1v) is 5.35. The van der Waals surface area contributed by atoms with Gasteiger partial charge < -0.3 is 5.11 Å². The SMILES string of the molecule is CCCCN1C(=O)c2cccc(O)c2C1=O. The summed E-state index contributed by atoms with van der Waals surface area (Å²) in [6, 6.07) is 4.57. The van der Waals surface area contributed by atoms with Crippen molar-refractivity contribution in [3.8, 4) is 5.75 Å². The number of hydrogen-bond donors (Lipinski definition) is 1. The summed E-state index contributed by atoms with van der Waals surface area (Å²) in [5.74, 6) is -0.800. The molecule has 0 spiro atoms. The highest BCUT2D eigenvalue weighted by molar-refractivity contribution is 6.22. The summed E-state index contributed by atoms with van der Waals surface area (Å²) >= 11 is 0. The summed E-state index contributed by atoms with van der Waals surface area (Å²) < 4.78 is 0. The van der Waals surface area contributed by atoms with Crippen molar-refractivity contribution in [3.05, 3.63) is 29.3 Å². The van der Waals surface area contributed by atoms with Gasteiger partial charge in [-0.25, -0.2) is 0 Å². The molecule has 0 unspecified atom stereocenters. The van der Waals surface area contributed by atoms with E-state index in [4.69, 9.17) is 0 Å². The summed E-state index contributed by atoms with van der Waals surface area (Å²) in [5.41, 5.74) is 0.449. The van der Waals surface area contributed by atoms with E-state index in [0.717, 1.165) is 12.8 Å². The molecule has 1 heterocycles. The fourth-order valence-corrected chi connectivity index (χ4v) is 1.84. The van der Waals surface area contributed by atoms with E-state index in [-0.39, 0.29) is 23.1 Å². The second-order valence-electron chi connectivity index (χ2n) is 3.82. The lowest BCUT2D eigenvalue weighted by atomic mass is 10.1. The number of phenolic OH excluding ortho intramolecular Hbond substituents is 1. The minimum Gasteiger partial charge on any atom is -0.507 e. The third kappa shape index (κ3) is 1.46. The Kier molecular flexibility index (Phi) is 2.64. The maximum Gasteiger partial charge on any atom is 0.265 e. The molecule has 0 fully saturated rings. The maximum absolute atomic E-state index is 11.9. The summed E-state index contributed by atoms with van der Waals surface area (Å²) in [7, 11) is 0. The van der Waals surface area contributed by atoms with Crippen LogP contribution >= 0.6 is 0 Å². The Hall–Kier alpha value is -1.84. The summed E-state index contributed by atoms with van der Waals surface area (Å²) in [5, 5.41) is 9.56. The van der Waals surface area contributed by atoms with E-state index in [2.05, 4.69) is 0 Å². The van der Waals surface area contributed by atoms with Gasteiger partial charge in [-0.15, -0.1) is 0 Å². The lowest BCUT2D eigenvalue weighted by molar-refractivity contribution is 0.0651. The van der Waals surface area contributed by atoms with E-state index >= 15 is 0 Å². The maximum atomic E-state index is 11.9. The molecule has 0 radical (unpaired) electrons. The van der Waals surface area contributed by atoms with E-state index in [0.29, 0.717) is 12.1 Å². The van der Waals surface area contributed by atoms with Crippen molar-refractivity contribution in [1.82, 2.24) is 4.90 Å². The average Bonchev–Trinajstić information content (AvgIpc) is 2.51. The number of carbonyl (C=O) groups is 2. The fourth-order valence-electron chi connectivity index (χ4n) is 1.84. The normalized spacial score (nSPS) is 14.4. The molecule has 1 aromatic carbocycles. The number of aromatic hydroxyl groups is 1. The smallest absolute Gasteiger partial charge is 0.265 e. The van der Waals surface area contributed by atoms with Gasteiger partial charge in [0, 0.05) is 6.54 Å². The Morgan fingerprint density at radius 3 is 2.62 bits per heavy atom. The second-order valence-corrected chi connectivity index (χ2v) is 3.82. The predicted octanol–water partition coefficient (Wildman–Crippen LogP) is 1.79. The summed E-state index contributed by atoms with van der Waals surface area (Å²) in [4.78, 5) is 24.9. The van der Waals surface area contributed by atoms with Crippen LogP contribution in [0.5, 0.6) is 5.75 Å². The number of fused-ring (bicyclic) bond motifs is 1. The van der Waals surface area contributed by atoms with E-state index < -0.39 is 0 Å². The van der Waals surface area contributed by atoms with Gasteiger partial charge in [-0.05, 0) is 18.6 Å². The van der Waals surface area contributed by atoms with Gasteiger partial charge in [0.1, 0.15) is 5.75 Å². The van der Waals surface area contributed by atoms with Crippen molar-refractivity contribution in [2.75, 3.05) is 6.54 Å². The molecule has 4 nitrogen and oxygen atoms in total. The predicted molar refractivity (Wildman–Crippen MR) is 58.4 cm³/mol. The number of hydrogen-bond acceptors (Lipinski definition) is 3. The first-order valence-electron chi connectivity index (χ1n) is 5.35. The highest BCUT2D eigenvalue weighted by Crippen LogP contribution is 2.29. The Bertz CT molecular complexity index is 454. The van der Waals surface area contributed by atoms with E-state index in [9.17, 15) is 14.7 Å². The van der Waals surface area contributed by atoms with Crippen molar-refractivity contribution in [2.24, 2.45) is 0 Å². The molecule has 0 bridgehead atoms. The topological polar surface area (TPSA) is 57.6 Å². The Morgan fingerprint density at radius 1 is 1.25 bits per heavy atom. The molecule has 2 amide bonds. The molecular formula is C12H13NO3. The Labute approximate surface area is 93.5 Å². The van der Waals surface area contributed by atoms with Crippen LogP contribution in [-0.2, 0) is 0 Å². The number of benzene rings is 1. The number of phenols is 1. The van der Waals surface area contributed by atoms with Crippen LogP contribution in [0.15, 0.2) is 18.2 Å². The van der Waals surface area contributed by atoms with Crippen LogP contribution in [-0.4, -0.2) is 28.4 Å². The Balaban J connectivity index is 2.37. The monoisotopic (exact) mass is 219 g/mol. The van der Waals surface area contributed by atoms with Crippen LogP contribution in [0.1, 0.15) is 40.5 Å². The number of imide groups is 1. The van der Waals surface area contributed by atoms with Gasteiger partial charge in [-0.1, -0.05) is 19.4 Å². The van der Waals surface area contributed by atoms with Gasteiger partial charge in [0.15, 0.2) is 0 Å². The zero-order valence-electron chi connectivity index (χ0n) is 9.06. The molecular weight excluding hydrogens is 206 g/mol. The molecule has 84 valence electrons. The van der Waals surface area contributed by atoms with Crippen LogP contribution in [0.4, 0.5) is 0 Å². The van der Waals surface area contributed by atoms with Gasteiger partial charge in [0.2, 0.25) is 0 Å². The molecule has 4 heteroatoms. The van der Waals surface area contributed by atoms with Crippen LogP contribution in [0.3, 0.4) is 0 Å². The first-order chi connectivity index (χ1) is 7.66. The lowest BCUT2D eigenvalue weighted by Crippen LogP contribution is -2.30. The molecule has 0 saturated carbocycles. The highest BCUT2D eigenvalue weighted by Gasteiger charge is 2.36. The zero-order chi connectivity index (χ0) is 11.7. The van der Waals surface area contributed by atoms with Crippen molar-refractivity contribution >= 4 is 11.8 Å². The van der Waals surface area contributed by atoms with Gasteiger partial charge in [-0.3, -0.25) is 14.5 Å². The van der Waals surface area contributed by atoms with Crippen LogP contribution < -0.4 is 0 Å². The largest absolute Gasteiger partial charge is 0.507 e. The van der Waals surface area contributed by atoms with Gasteiger partial charge >= 0.3 is 0 Å². The van der Waals surface area contributed by atoms with Crippen molar-refractivity contribution in [1.29, 1.82) is 0 Å². The van der Waals surface area contributed by atoms with Crippen LogP contribution in [0.25, 0.3) is 0 Å². The molecule has 16 heavy (non-hydrogen) atoms. The number of nitrogens with zero attached hydrogens (tertiary/aromatic N) is 1. The highest BCUT2D eigenvalue weighted by atomic mass is 16.3. The Morgan fingerprint density at radius 2 is 2.00 bits per heavy atom. The number of amides is 2. The minimum absolute atomic E-state index is 0.116. The number of carbonyl (C=O) groups excluding carboxylic acids is 2. The lowest BCUT2D eigenvalue weighted by Gasteiger charge is -2.12. The third-order valence-electron chi connectivity index (χ3n) is 2.71. The molecule has 1 aliphatic rings. The van der Waals surface area contributed by atoms with Gasteiger partial charge in [-0.2, -0.15) is 0 Å². The standard InChI is InChI=1S/C12H13NO3/c1-2-3-7-13-11(15)8-5-4-6-9(14)10(8)12(13)16/h4-6,14H,2-3,7H2,1H3. The molecule has 0 atom stereocenters. The average molecular weight is 219 g/mol. The number of rotatable bonds is 3. The van der Waals surface area contributed by atoms with Crippen LogP contribution in [0, 0.1) is 0 Å². The molecule has 1 N–H and O–H groups in total. The van der Waals surface area contributed by atoms with Crippen LogP contribution in [0.2, 0.25) is 0 Å². The van der Waals surface area contributed by atoms with Crippen molar-refractivity contribution < 1.29 is 14.7 Å². The van der Waals surface area contributed by atoms with Crippen molar-refractivity contribution in [3.63, 3.8) is 0 Å². The molecule has 2 rings (SSSR count). The summed E-state index contributed by atoms with van der Waals surface area (Å²) in [6.45, 7) is 2.41. The number of unbranched alkanes of at least 4 members (excludes halogenated alkanes) is 1. The van der Waals surface area contributed by atoms with E-state index in [1.165, 1.54) is 11.0 Å².